The molecule has 1 fully saturated rings. The minimum atomic E-state index is 0.284. The molecule has 0 bridgehead atoms. The van der Waals surface area contributed by atoms with Crippen LogP contribution in [0.5, 0.6) is 0 Å². The van der Waals surface area contributed by atoms with Gasteiger partial charge in [-0.15, -0.1) is 0 Å². The summed E-state index contributed by atoms with van der Waals surface area (Å²) in [6, 6.07) is 7.07. The van der Waals surface area contributed by atoms with E-state index in [1.54, 1.807) is 0 Å². The monoisotopic (exact) mass is 391 g/mol. The summed E-state index contributed by atoms with van der Waals surface area (Å²) in [5.41, 5.74) is 7.16. The lowest BCUT2D eigenvalue weighted by atomic mass is 9.76. The standard InChI is InChI=1S/C24H33N5/c1-16-10-20(11-17(2)26-16)13-24(5)8-7-9-29(15-24)18(3)21-12-22-23(25-14-21)28(6)19(4)27-22/h10-12,14,18H,7-9,13,15H2,1-6H3/t18?,24-/m1/s1. The zero-order valence-corrected chi connectivity index (χ0v) is 18.7. The SMILES string of the molecule is Cc1cc(C[C@@]2(C)CCCN(C(C)c3cnc4c(c3)nc(C)n4C)C2)cc(C)n1. The van der Waals surface area contributed by atoms with Crippen molar-refractivity contribution in [1.82, 2.24) is 24.4 Å². The number of nitrogens with zero attached hydrogens (tertiary/aromatic N) is 5. The zero-order chi connectivity index (χ0) is 20.8. The van der Waals surface area contributed by atoms with Crippen LogP contribution in [0, 0.1) is 26.2 Å². The van der Waals surface area contributed by atoms with Crippen LogP contribution in [0.25, 0.3) is 11.2 Å². The van der Waals surface area contributed by atoms with Crippen LogP contribution in [0.3, 0.4) is 0 Å². The van der Waals surface area contributed by atoms with Gasteiger partial charge >= 0.3 is 0 Å². The molecule has 3 aromatic rings. The molecule has 0 spiro atoms. The number of imidazole rings is 1. The van der Waals surface area contributed by atoms with Gasteiger partial charge in [0.05, 0.1) is 0 Å². The summed E-state index contributed by atoms with van der Waals surface area (Å²) >= 11 is 0. The van der Waals surface area contributed by atoms with E-state index in [2.05, 4.69) is 65.3 Å². The Hall–Kier alpha value is -2.27. The summed E-state index contributed by atoms with van der Waals surface area (Å²) in [4.78, 5) is 16.6. The van der Waals surface area contributed by atoms with Crippen molar-refractivity contribution in [2.45, 2.75) is 59.9 Å². The smallest absolute Gasteiger partial charge is 0.159 e. The van der Waals surface area contributed by atoms with E-state index < -0.39 is 0 Å². The third kappa shape index (κ3) is 4.06. The molecule has 0 radical (unpaired) electrons. The molecule has 1 unspecified atom stereocenters. The molecular formula is C24H33N5. The zero-order valence-electron chi connectivity index (χ0n) is 18.7. The van der Waals surface area contributed by atoms with Gasteiger partial charge in [-0.05, 0) is 88.2 Å². The Bertz CT molecular complexity index is 1020. The molecule has 4 heterocycles. The van der Waals surface area contributed by atoms with Crippen LogP contribution in [0.15, 0.2) is 24.4 Å². The molecule has 5 heteroatoms. The second-order valence-electron chi connectivity index (χ2n) is 9.33. The minimum absolute atomic E-state index is 0.284. The van der Waals surface area contributed by atoms with E-state index in [0.29, 0.717) is 6.04 Å². The largest absolute Gasteiger partial charge is 0.316 e. The summed E-state index contributed by atoms with van der Waals surface area (Å²) in [6.07, 6.45) is 5.66. The Kier molecular flexibility index (Phi) is 5.19. The lowest BCUT2D eigenvalue weighted by Gasteiger charge is -2.43. The van der Waals surface area contributed by atoms with Gasteiger partial charge in [0.1, 0.15) is 11.3 Å². The highest BCUT2D eigenvalue weighted by Gasteiger charge is 2.33. The van der Waals surface area contributed by atoms with Crippen LogP contribution in [0.4, 0.5) is 0 Å². The Labute approximate surface area is 174 Å². The summed E-state index contributed by atoms with van der Waals surface area (Å²) in [7, 11) is 2.03. The molecule has 0 N–H and O–H groups in total. The fourth-order valence-corrected chi connectivity index (χ4v) is 4.99. The maximum atomic E-state index is 4.71. The first-order valence-electron chi connectivity index (χ1n) is 10.7. The predicted molar refractivity (Wildman–Crippen MR) is 118 cm³/mol. The Morgan fingerprint density at radius 2 is 1.83 bits per heavy atom. The van der Waals surface area contributed by atoms with Crippen molar-refractivity contribution in [3.05, 3.63) is 52.7 Å². The molecule has 0 aliphatic carbocycles. The molecule has 1 aliphatic heterocycles. The van der Waals surface area contributed by atoms with Gasteiger partial charge in [-0.3, -0.25) is 9.88 Å². The number of hydrogen-bond donors (Lipinski definition) is 0. The fourth-order valence-electron chi connectivity index (χ4n) is 4.99. The molecule has 0 amide bonds. The molecule has 154 valence electrons. The summed E-state index contributed by atoms with van der Waals surface area (Å²) in [5, 5.41) is 0. The Morgan fingerprint density at radius 3 is 2.55 bits per heavy atom. The average Bonchev–Trinajstić information content (AvgIpc) is 2.93. The molecule has 0 saturated carbocycles. The van der Waals surface area contributed by atoms with E-state index in [1.807, 2.05) is 20.2 Å². The molecule has 1 saturated heterocycles. The molecule has 4 rings (SSSR count). The van der Waals surface area contributed by atoms with E-state index in [9.17, 15) is 0 Å². The number of likely N-dealkylation sites (tertiary alicyclic amines) is 1. The fraction of sp³-hybridized carbons (Fsp3) is 0.542. The summed E-state index contributed by atoms with van der Waals surface area (Å²) in [6.45, 7) is 13.2. The van der Waals surface area contributed by atoms with Crippen molar-refractivity contribution in [2.75, 3.05) is 13.1 Å². The van der Waals surface area contributed by atoms with Gasteiger partial charge in [-0.1, -0.05) is 6.92 Å². The predicted octanol–water partition coefficient (Wildman–Crippen LogP) is 4.69. The van der Waals surface area contributed by atoms with Crippen LogP contribution in [0.2, 0.25) is 0 Å². The highest BCUT2D eigenvalue weighted by Crippen LogP contribution is 2.37. The highest BCUT2D eigenvalue weighted by molar-refractivity contribution is 5.72. The first kappa shape index (κ1) is 20.0. The van der Waals surface area contributed by atoms with Crippen molar-refractivity contribution in [2.24, 2.45) is 12.5 Å². The molecule has 1 aliphatic rings. The molecule has 5 nitrogen and oxygen atoms in total. The van der Waals surface area contributed by atoms with Crippen molar-refractivity contribution in [3.8, 4) is 0 Å². The van der Waals surface area contributed by atoms with Crippen molar-refractivity contribution in [1.29, 1.82) is 0 Å². The second kappa shape index (κ2) is 7.52. The normalized spacial score (nSPS) is 21.6. The van der Waals surface area contributed by atoms with Gasteiger partial charge in [-0.2, -0.15) is 0 Å². The average molecular weight is 392 g/mol. The van der Waals surface area contributed by atoms with Gasteiger partial charge < -0.3 is 4.57 Å². The lowest BCUT2D eigenvalue weighted by molar-refractivity contribution is 0.0723. The first-order chi connectivity index (χ1) is 13.7. The maximum Gasteiger partial charge on any atom is 0.159 e. The minimum Gasteiger partial charge on any atom is -0.316 e. The first-order valence-corrected chi connectivity index (χ1v) is 10.7. The number of fused-ring (bicyclic) bond motifs is 1. The lowest BCUT2D eigenvalue weighted by Crippen LogP contribution is -2.43. The molecule has 29 heavy (non-hydrogen) atoms. The highest BCUT2D eigenvalue weighted by atomic mass is 15.2. The number of aryl methyl sites for hydroxylation is 4. The number of aromatic nitrogens is 4. The van der Waals surface area contributed by atoms with Crippen LogP contribution >= 0.6 is 0 Å². The molecule has 0 aromatic carbocycles. The molecule has 2 atom stereocenters. The Morgan fingerprint density at radius 1 is 1.10 bits per heavy atom. The second-order valence-corrected chi connectivity index (χ2v) is 9.33. The van der Waals surface area contributed by atoms with Gasteiger partial charge in [-0.25, -0.2) is 9.97 Å². The number of piperidine rings is 1. The van der Waals surface area contributed by atoms with Gasteiger partial charge in [0.2, 0.25) is 0 Å². The van der Waals surface area contributed by atoms with Crippen LogP contribution < -0.4 is 0 Å². The van der Waals surface area contributed by atoms with Crippen LogP contribution in [-0.4, -0.2) is 37.5 Å². The van der Waals surface area contributed by atoms with E-state index in [4.69, 9.17) is 4.98 Å². The third-order valence-electron chi connectivity index (χ3n) is 6.57. The van der Waals surface area contributed by atoms with Crippen molar-refractivity contribution in [3.63, 3.8) is 0 Å². The van der Waals surface area contributed by atoms with Crippen molar-refractivity contribution >= 4 is 11.2 Å². The van der Waals surface area contributed by atoms with E-state index in [-0.39, 0.29) is 5.41 Å². The van der Waals surface area contributed by atoms with Crippen LogP contribution in [-0.2, 0) is 13.5 Å². The van der Waals surface area contributed by atoms with E-state index in [1.165, 1.54) is 24.0 Å². The van der Waals surface area contributed by atoms with Crippen molar-refractivity contribution < 1.29 is 0 Å². The van der Waals surface area contributed by atoms with Gasteiger partial charge in [0, 0.05) is 37.2 Å². The van der Waals surface area contributed by atoms with Crippen LogP contribution in [0.1, 0.15) is 61.1 Å². The molecule has 3 aromatic heterocycles. The van der Waals surface area contributed by atoms with E-state index in [0.717, 1.165) is 47.9 Å². The molecular weight excluding hydrogens is 358 g/mol. The van der Waals surface area contributed by atoms with Gasteiger partial charge in [0.25, 0.3) is 0 Å². The van der Waals surface area contributed by atoms with Gasteiger partial charge in [0.15, 0.2) is 5.65 Å². The third-order valence-corrected chi connectivity index (χ3v) is 6.57. The maximum absolute atomic E-state index is 4.71. The number of rotatable bonds is 4. The topological polar surface area (TPSA) is 46.8 Å². The number of pyridine rings is 2. The Balaban J connectivity index is 1.54. The number of hydrogen-bond acceptors (Lipinski definition) is 4. The quantitative estimate of drug-likeness (QED) is 0.647. The summed E-state index contributed by atoms with van der Waals surface area (Å²) < 4.78 is 2.06. The van der Waals surface area contributed by atoms with E-state index >= 15 is 0 Å². The summed E-state index contributed by atoms with van der Waals surface area (Å²) in [5.74, 6) is 1.01.